The van der Waals surface area contributed by atoms with Gasteiger partial charge in [-0.1, -0.05) is 115 Å². The van der Waals surface area contributed by atoms with Crippen molar-refractivity contribution in [2.45, 2.75) is 23.5 Å². The van der Waals surface area contributed by atoms with Crippen LogP contribution in [0.2, 0.25) is 0 Å². The van der Waals surface area contributed by atoms with Gasteiger partial charge in [0, 0.05) is 22.0 Å². The van der Waals surface area contributed by atoms with E-state index in [0.717, 1.165) is 46.0 Å². The van der Waals surface area contributed by atoms with Crippen LogP contribution < -0.4 is 11.5 Å². The molecule has 0 saturated carbocycles. The first kappa shape index (κ1) is 25.4. The molecule has 0 aliphatic rings. The molecule has 3 heteroatoms. The first-order chi connectivity index (χ1) is 18.6. The number of para-hydroxylation sites is 1. The summed E-state index contributed by atoms with van der Waals surface area (Å²) in [5.41, 5.74) is 20.1. The van der Waals surface area contributed by atoms with Gasteiger partial charge < -0.3 is 11.5 Å². The topological polar surface area (TPSA) is 52.0 Å². The Bertz CT molecular complexity index is 1600. The summed E-state index contributed by atoms with van der Waals surface area (Å²) >= 11 is 1.77. The molecule has 0 aromatic heterocycles. The molecule has 2 nitrogen and oxygen atoms in total. The SMILES string of the molecule is Nc1cc(/C=C\Cc2cccc(CSc3ccccc3N)c2)ccc1/C=C\Cc1ccc2ccccc2c1. The van der Waals surface area contributed by atoms with Crippen molar-refractivity contribution in [3.63, 3.8) is 0 Å². The maximum Gasteiger partial charge on any atom is 0.0452 e. The average Bonchev–Trinajstić information content (AvgIpc) is 2.94. The minimum Gasteiger partial charge on any atom is -0.398 e. The molecule has 0 aliphatic heterocycles. The molecule has 0 unspecified atom stereocenters. The maximum atomic E-state index is 6.37. The summed E-state index contributed by atoms with van der Waals surface area (Å²) in [6.45, 7) is 0. The van der Waals surface area contributed by atoms with Gasteiger partial charge in [0.05, 0.1) is 0 Å². The number of nitrogen functional groups attached to an aromatic ring is 2. The van der Waals surface area contributed by atoms with Crippen LogP contribution in [0.25, 0.3) is 22.9 Å². The fourth-order valence-electron chi connectivity index (χ4n) is 4.49. The quantitative estimate of drug-likeness (QED) is 0.153. The molecule has 38 heavy (non-hydrogen) atoms. The number of nitrogens with two attached hydrogens (primary N) is 2. The molecule has 0 spiro atoms. The number of hydrogen-bond acceptors (Lipinski definition) is 3. The van der Waals surface area contributed by atoms with Crippen LogP contribution in [0.5, 0.6) is 0 Å². The lowest BCUT2D eigenvalue weighted by atomic mass is 10.0. The van der Waals surface area contributed by atoms with Crippen LogP contribution in [0, 0.1) is 0 Å². The molecule has 5 rings (SSSR count). The molecule has 0 radical (unpaired) electrons. The molecule has 4 N–H and O–H groups in total. The third kappa shape index (κ3) is 6.76. The highest BCUT2D eigenvalue weighted by Crippen LogP contribution is 2.28. The summed E-state index contributed by atoms with van der Waals surface area (Å²) < 4.78 is 0. The molecule has 0 aliphatic carbocycles. The highest BCUT2D eigenvalue weighted by molar-refractivity contribution is 7.98. The Hall–Kier alpha value is -4.21. The van der Waals surface area contributed by atoms with Crippen molar-refractivity contribution in [3.05, 3.63) is 149 Å². The molecule has 5 aromatic carbocycles. The van der Waals surface area contributed by atoms with E-state index in [1.807, 2.05) is 24.3 Å². The third-order valence-electron chi connectivity index (χ3n) is 6.54. The van der Waals surface area contributed by atoms with E-state index >= 15 is 0 Å². The smallest absolute Gasteiger partial charge is 0.0452 e. The predicted molar refractivity (Wildman–Crippen MR) is 167 cm³/mol. The van der Waals surface area contributed by atoms with Gasteiger partial charge in [0.15, 0.2) is 0 Å². The van der Waals surface area contributed by atoms with E-state index in [-0.39, 0.29) is 0 Å². The molecule has 0 amide bonds. The van der Waals surface area contributed by atoms with Crippen molar-refractivity contribution in [2.24, 2.45) is 0 Å². The van der Waals surface area contributed by atoms with Crippen LogP contribution in [0.4, 0.5) is 11.4 Å². The van der Waals surface area contributed by atoms with Crippen molar-refractivity contribution < 1.29 is 0 Å². The zero-order valence-corrected chi connectivity index (χ0v) is 22.2. The lowest BCUT2D eigenvalue weighted by Gasteiger charge is -2.06. The van der Waals surface area contributed by atoms with Gasteiger partial charge >= 0.3 is 0 Å². The summed E-state index contributed by atoms with van der Waals surface area (Å²) in [5.74, 6) is 0.901. The Morgan fingerprint density at radius 3 is 2.13 bits per heavy atom. The highest BCUT2D eigenvalue weighted by atomic mass is 32.2. The Kier molecular flexibility index (Phi) is 8.27. The number of allylic oxidation sites excluding steroid dienone is 2. The van der Waals surface area contributed by atoms with Crippen LogP contribution in [-0.4, -0.2) is 0 Å². The van der Waals surface area contributed by atoms with Gasteiger partial charge in [-0.3, -0.25) is 0 Å². The Labute approximate surface area is 229 Å². The summed E-state index contributed by atoms with van der Waals surface area (Å²) in [4.78, 5) is 1.13. The van der Waals surface area contributed by atoms with Gasteiger partial charge in [-0.05, 0) is 69.6 Å². The monoisotopic (exact) mass is 512 g/mol. The average molecular weight is 513 g/mol. The van der Waals surface area contributed by atoms with Crippen LogP contribution >= 0.6 is 11.8 Å². The second-order valence-electron chi connectivity index (χ2n) is 9.43. The van der Waals surface area contributed by atoms with Crippen LogP contribution in [0.3, 0.4) is 0 Å². The fourth-order valence-corrected chi connectivity index (χ4v) is 5.40. The van der Waals surface area contributed by atoms with E-state index < -0.39 is 0 Å². The van der Waals surface area contributed by atoms with Crippen molar-refractivity contribution in [3.8, 4) is 0 Å². The number of rotatable bonds is 9. The minimum absolute atomic E-state index is 0.793. The second-order valence-corrected chi connectivity index (χ2v) is 10.4. The normalized spacial score (nSPS) is 11.6. The van der Waals surface area contributed by atoms with Gasteiger partial charge in [0.1, 0.15) is 0 Å². The lowest BCUT2D eigenvalue weighted by Crippen LogP contribution is -1.91. The Morgan fingerprint density at radius 2 is 1.29 bits per heavy atom. The molecule has 5 aromatic rings. The molecule has 188 valence electrons. The van der Waals surface area contributed by atoms with Gasteiger partial charge in [-0.25, -0.2) is 0 Å². The van der Waals surface area contributed by atoms with E-state index in [1.165, 1.54) is 27.5 Å². The van der Waals surface area contributed by atoms with Crippen molar-refractivity contribution in [1.29, 1.82) is 0 Å². The first-order valence-electron chi connectivity index (χ1n) is 12.9. The fraction of sp³-hybridized carbons (Fsp3) is 0.0857. The molecular weight excluding hydrogens is 480 g/mol. The lowest BCUT2D eigenvalue weighted by molar-refractivity contribution is 1.24. The van der Waals surface area contributed by atoms with Gasteiger partial charge in [-0.2, -0.15) is 0 Å². The zero-order chi connectivity index (χ0) is 26.2. The van der Waals surface area contributed by atoms with Crippen LogP contribution in [0.1, 0.15) is 27.8 Å². The van der Waals surface area contributed by atoms with E-state index in [4.69, 9.17) is 11.5 Å². The molecule has 0 saturated heterocycles. The van der Waals surface area contributed by atoms with E-state index in [2.05, 4.69) is 109 Å². The van der Waals surface area contributed by atoms with Crippen molar-refractivity contribution in [2.75, 3.05) is 11.5 Å². The summed E-state index contributed by atoms with van der Waals surface area (Å²) in [7, 11) is 0. The summed E-state index contributed by atoms with van der Waals surface area (Å²) in [5, 5.41) is 2.55. The summed E-state index contributed by atoms with van der Waals surface area (Å²) in [6, 6.07) is 38.1. The second kappa shape index (κ2) is 12.4. The van der Waals surface area contributed by atoms with Crippen molar-refractivity contribution in [1.82, 2.24) is 0 Å². The van der Waals surface area contributed by atoms with Crippen LogP contribution in [0.15, 0.2) is 126 Å². The number of fused-ring (bicyclic) bond motifs is 1. The number of anilines is 2. The van der Waals surface area contributed by atoms with E-state index in [0.29, 0.717) is 0 Å². The first-order valence-corrected chi connectivity index (χ1v) is 13.9. The molecular formula is C35H32N2S. The van der Waals surface area contributed by atoms with Gasteiger partial charge in [0.25, 0.3) is 0 Å². The number of benzene rings is 5. The molecule has 0 heterocycles. The standard InChI is InChI=1S/C35H32N2S/c36-33-16-3-4-17-35(33)38-25-29-12-6-9-26(22-29)8-5-10-28-19-21-31(34(37)24-28)15-7-11-27-18-20-30-13-1-2-14-32(30)23-27/h1-7,9-10,12-24H,8,11,25,36-37H2/b10-5-,15-7-. The summed E-state index contributed by atoms with van der Waals surface area (Å²) in [6.07, 6.45) is 10.4. The zero-order valence-electron chi connectivity index (χ0n) is 21.4. The van der Waals surface area contributed by atoms with Crippen LogP contribution in [-0.2, 0) is 18.6 Å². The van der Waals surface area contributed by atoms with Gasteiger partial charge in [-0.15, -0.1) is 11.8 Å². The molecule has 0 atom stereocenters. The minimum atomic E-state index is 0.793. The van der Waals surface area contributed by atoms with Crippen molar-refractivity contribution >= 4 is 46.1 Å². The molecule has 0 fully saturated rings. The van der Waals surface area contributed by atoms with E-state index in [9.17, 15) is 0 Å². The Morgan fingerprint density at radius 1 is 0.553 bits per heavy atom. The number of hydrogen-bond donors (Lipinski definition) is 2. The molecule has 0 bridgehead atoms. The maximum absolute atomic E-state index is 6.37. The third-order valence-corrected chi connectivity index (χ3v) is 7.70. The Balaban J connectivity index is 1.16. The number of thioether (sulfide) groups is 1. The largest absolute Gasteiger partial charge is 0.398 e. The predicted octanol–water partition coefficient (Wildman–Crippen LogP) is 8.81. The van der Waals surface area contributed by atoms with Gasteiger partial charge in [0.2, 0.25) is 0 Å². The van der Waals surface area contributed by atoms with E-state index in [1.54, 1.807) is 11.8 Å². The highest BCUT2D eigenvalue weighted by Gasteiger charge is 2.02.